The van der Waals surface area contributed by atoms with Crippen LogP contribution in [0.2, 0.25) is 5.02 Å². The third-order valence-corrected chi connectivity index (χ3v) is 6.44. The molecule has 2 atom stereocenters. The van der Waals surface area contributed by atoms with Gasteiger partial charge in [-0.25, -0.2) is 32.8 Å². The first-order valence-electron chi connectivity index (χ1n) is 9.72. The quantitative estimate of drug-likeness (QED) is 0.367. The molecule has 0 aliphatic rings. The van der Waals surface area contributed by atoms with E-state index in [9.17, 15) is 13.9 Å². The lowest BCUT2D eigenvalue weighted by atomic mass is 9.79. The van der Waals surface area contributed by atoms with Gasteiger partial charge in [-0.1, -0.05) is 36.4 Å². The van der Waals surface area contributed by atoms with Crippen LogP contribution >= 0.6 is 23.4 Å². The summed E-state index contributed by atoms with van der Waals surface area (Å²) in [5.74, 6) is -3.62. The maximum atomic E-state index is 15.5. The van der Waals surface area contributed by atoms with E-state index in [2.05, 4.69) is 20.1 Å². The minimum Gasteiger partial charge on any atom is -0.382 e. The monoisotopic (exact) mass is 491 g/mol. The maximum Gasteiger partial charge on any atom is 0.177 e. The van der Waals surface area contributed by atoms with Crippen LogP contribution in [-0.2, 0) is 12.1 Å². The standard InChI is InChI=1S/C22H17ClF3N5OS/c1-13(20-19(26)21(29-11-28-20)33-16-5-2-14(23)3-6-16)22(32,9-31-12-27-10-30-31)17-7-4-15(24)8-18(17)25/h2-8,10-13,32H,9H2,1H3/t13-,22+/m1/s1. The fraction of sp³-hybridized carbons (Fsp3) is 0.182. The van der Waals surface area contributed by atoms with Gasteiger partial charge in [0.25, 0.3) is 0 Å². The Hall–Kier alpha value is -2.95. The summed E-state index contributed by atoms with van der Waals surface area (Å²) in [4.78, 5) is 12.6. The minimum atomic E-state index is -2.04. The molecule has 0 amide bonds. The molecule has 0 bridgehead atoms. The Bertz CT molecular complexity index is 1260. The van der Waals surface area contributed by atoms with Gasteiger partial charge < -0.3 is 5.11 Å². The summed E-state index contributed by atoms with van der Waals surface area (Å²) in [6, 6.07) is 9.57. The first kappa shape index (κ1) is 23.2. The minimum absolute atomic E-state index is 0.0249. The third-order valence-electron chi connectivity index (χ3n) is 5.21. The fourth-order valence-corrected chi connectivity index (χ4v) is 4.35. The van der Waals surface area contributed by atoms with Crippen LogP contribution in [0.25, 0.3) is 0 Å². The molecule has 2 heterocycles. The van der Waals surface area contributed by atoms with Gasteiger partial charge in [0.05, 0.1) is 12.2 Å². The second-order valence-corrected chi connectivity index (χ2v) is 8.80. The Morgan fingerprint density at radius 3 is 2.52 bits per heavy atom. The van der Waals surface area contributed by atoms with Crippen LogP contribution in [-0.4, -0.2) is 29.8 Å². The van der Waals surface area contributed by atoms with Crippen LogP contribution < -0.4 is 0 Å². The SMILES string of the molecule is C[C@H](c1ncnc(Sc2ccc(Cl)cc2)c1F)[C@@](O)(Cn1cncn1)c1ccc(F)cc1F. The number of hydrogen-bond acceptors (Lipinski definition) is 6. The zero-order valence-corrected chi connectivity index (χ0v) is 18.7. The van der Waals surface area contributed by atoms with Crippen LogP contribution in [0.4, 0.5) is 13.2 Å². The lowest BCUT2D eigenvalue weighted by molar-refractivity contribution is -0.0135. The Labute approximate surface area is 196 Å². The smallest absolute Gasteiger partial charge is 0.177 e. The second-order valence-electron chi connectivity index (χ2n) is 7.30. The van der Waals surface area contributed by atoms with E-state index >= 15 is 4.39 Å². The van der Waals surface area contributed by atoms with E-state index < -0.39 is 29.0 Å². The molecule has 0 radical (unpaired) electrons. The fourth-order valence-electron chi connectivity index (χ4n) is 3.44. The molecule has 2 aromatic heterocycles. The summed E-state index contributed by atoms with van der Waals surface area (Å²) in [5.41, 5.74) is -2.40. The van der Waals surface area contributed by atoms with Gasteiger partial charge in [0.15, 0.2) is 5.82 Å². The van der Waals surface area contributed by atoms with E-state index in [1.165, 1.54) is 30.6 Å². The molecule has 0 fully saturated rings. The molecule has 0 saturated carbocycles. The van der Waals surface area contributed by atoms with Crippen molar-refractivity contribution < 1.29 is 18.3 Å². The van der Waals surface area contributed by atoms with Crippen molar-refractivity contribution in [3.8, 4) is 0 Å². The molecule has 0 aliphatic heterocycles. The predicted molar refractivity (Wildman–Crippen MR) is 116 cm³/mol. The molecule has 0 saturated heterocycles. The Kier molecular flexibility index (Phi) is 6.68. The highest BCUT2D eigenvalue weighted by Crippen LogP contribution is 2.41. The predicted octanol–water partition coefficient (Wildman–Crippen LogP) is 4.98. The van der Waals surface area contributed by atoms with Crippen molar-refractivity contribution in [2.24, 2.45) is 0 Å². The summed E-state index contributed by atoms with van der Waals surface area (Å²) in [6.07, 6.45) is 3.75. The first-order chi connectivity index (χ1) is 15.8. The van der Waals surface area contributed by atoms with Gasteiger partial charge in [0.2, 0.25) is 0 Å². The molecule has 11 heteroatoms. The Balaban J connectivity index is 1.76. The highest BCUT2D eigenvalue weighted by Gasteiger charge is 2.42. The number of aliphatic hydroxyl groups is 1. The van der Waals surface area contributed by atoms with Crippen LogP contribution in [0.3, 0.4) is 0 Å². The molecule has 4 aromatic rings. The lowest BCUT2D eigenvalue weighted by Crippen LogP contribution is -2.39. The van der Waals surface area contributed by atoms with E-state index in [0.717, 1.165) is 23.9 Å². The van der Waals surface area contributed by atoms with Gasteiger partial charge in [0.1, 0.15) is 41.2 Å². The van der Waals surface area contributed by atoms with Crippen molar-refractivity contribution >= 4 is 23.4 Å². The molecule has 2 aromatic carbocycles. The van der Waals surface area contributed by atoms with E-state index in [0.29, 0.717) is 16.0 Å². The molecular weight excluding hydrogens is 475 g/mol. The van der Waals surface area contributed by atoms with Crippen molar-refractivity contribution in [3.05, 3.63) is 95.2 Å². The van der Waals surface area contributed by atoms with Gasteiger partial charge in [-0.2, -0.15) is 5.10 Å². The molecule has 33 heavy (non-hydrogen) atoms. The Morgan fingerprint density at radius 2 is 1.85 bits per heavy atom. The van der Waals surface area contributed by atoms with E-state index in [4.69, 9.17) is 11.6 Å². The van der Waals surface area contributed by atoms with Crippen molar-refractivity contribution in [2.75, 3.05) is 0 Å². The largest absolute Gasteiger partial charge is 0.382 e. The summed E-state index contributed by atoms with van der Waals surface area (Å²) < 4.78 is 45.1. The second kappa shape index (κ2) is 9.50. The highest BCUT2D eigenvalue weighted by atomic mass is 35.5. The van der Waals surface area contributed by atoms with Crippen LogP contribution in [0.1, 0.15) is 24.1 Å². The molecule has 6 nitrogen and oxygen atoms in total. The van der Waals surface area contributed by atoms with E-state index in [1.54, 1.807) is 24.3 Å². The highest BCUT2D eigenvalue weighted by molar-refractivity contribution is 7.99. The molecule has 170 valence electrons. The van der Waals surface area contributed by atoms with Crippen LogP contribution in [0, 0.1) is 17.5 Å². The zero-order valence-electron chi connectivity index (χ0n) is 17.2. The summed E-state index contributed by atoms with van der Waals surface area (Å²) in [6.45, 7) is 1.22. The molecule has 4 rings (SSSR count). The lowest BCUT2D eigenvalue weighted by Gasteiger charge is -2.34. The average Bonchev–Trinajstić information content (AvgIpc) is 3.29. The normalized spacial score (nSPS) is 14.1. The number of nitrogens with zero attached hydrogens (tertiary/aromatic N) is 5. The first-order valence-corrected chi connectivity index (χ1v) is 10.9. The Morgan fingerprint density at radius 1 is 1.09 bits per heavy atom. The van der Waals surface area contributed by atoms with Crippen LogP contribution in [0.5, 0.6) is 0 Å². The van der Waals surface area contributed by atoms with Crippen molar-refractivity contribution in [1.82, 2.24) is 24.7 Å². The molecule has 0 aliphatic carbocycles. The van der Waals surface area contributed by atoms with Gasteiger partial charge in [0, 0.05) is 27.5 Å². The zero-order chi connectivity index (χ0) is 23.6. The summed E-state index contributed by atoms with van der Waals surface area (Å²) in [7, 11) is 0. The van der Waals surface area contributed by atoms with E-state index in [-0.39, 0.29) is 22.8 Å². The van der Waals surface area contributed by atoms with Crippen LogP contribution in [0.15, 0.2) is 71.4 Å². The van der Waals surface area contributed by atoms with Gasteiger partial charge >= 0.3 is 0 Å². The van der Waals surface area contributed by atoms with Gasteiger partial charge in [-0.3, -0.25) is 0 Å². The number of hydrogen-bond donors (Lipinski definition) is 1. The molecule has 0 unspecified atom stereocenters. The van der Waals surface area contributed by atoms with Gasteiger partial charge in [-0.05, 0) is 30.3 Å². The molecule has 0 spiro atoms. The van der Waals surface area contributed by atoms with E-state index in [1.807, 2.05) is 0 Å². The number of rotatable bonds is 7. The summed E-state index contributed by atoms with van der Waals surface area (Å²) >= 11 is 6.95. The topological polar surface area (TPSA) is 76.7 Å². The van der Waals surface area contributed by atoms with Gasteiger partial charge in [-0.15, -0.1) is 0 Å². The average molecular weight is 492 g/mol. The molecular formula is C22H17ClF3N5OS. The maximum absolute atomic E-state index is 15.5. The van der Waals surface area contributed by atoms with Crippen molar-refractivity contribution in [2.45, 2.75) is 34.9 Å². The number of benzene rings is 2. The molecule has 1 N–H and O–H groups in total. The third kappa shape index (κ3) is 4.87. The number of halogens is 4. The van der Waals surface area contributed by atoms with Crippen molar-refractivity contribution in [3.63, 3.8) is 0 Å². The van der Waals surface area contributed by atoms with Crippen molar-refractivity contribution in [1.29, 1.82) is 0 Å². The summed E-state index contributed by atoms with van der Waals surface area (Å²) in [5, 5.41) is 16.2. The number of aromatic nitrogens is 5.